The monoisotopic (exact) mass is 318 g/mol. The Morgan fingerprint density at radius 1 is 1.26 bits per heavy atom. The summed E-state index contributed by atoms with van der Waals surface area (Å²) in [6, 6.07) is 6.69. The van der Waals surface area contributed by atoms with E-state index in [1.807, 2.05) is 0 Å². The van der Waals surface area contributed by atoms with Gasteiger partial charge in [0, 0.05) is 12.8 Å². The molecule has 5 heteroatoms. The van der Waals surface area contributed by atoms with E-state index in [1.165, 1.54) is 0 Å². The number of hydrogen-bond donors (Lipinski definition) is 1. The van der Waals surface area contributed by atoms with Crippen LogP contribution in [0.25, 0.3) is 0 Å². The highest BCUT2D eigenvalue weighted by atomic mass is 16.5. The van der Waals surface area contributed by atoms with Crippen LogP contribution in [0.4, 0.5) is 0 Å². The molecule has 1 aromatic carbocycles. The van der Waals surface area contributed by atoms with E-state index in [2.05, 4.69) is 0 Å². The molecule has 0 bridgehead atoms. The molecule has 0 aliphatic heterocycles. The van der Waals surface area contributed by atoms with Crippen molar-refractivity contribution < 1.29 is 24.2 Å². The predicted molar refractivity (Wildman–Crippen MR) is 86.0 cm³/mol. The zero-order chi connectivity index (χ0) is 17.1. The minimum absolute atomic E-state index is 0.0851. The highest BCUT2D eigenvalue weighted by Crippen LogP contribution is 2.20. The van der Waals surface area contributed by atoms with Crippen LogP contribution in [0.5, 0.6) is 5.75 Å². The van der Waals surface area contributed by atoms with Crippen LogP contribution in [0, 0.1) is 5.92 Å². The number of rotatable bonds is 10. The van der Waals surface area contributed by atoms with Crippen LogP contribution in [0.3, 0.4) is 0 Å². The second kappa shape index (κ2) is 10.3. The first-order valence-electron chi connectivity index (χ1n) is 7.59. The molecule has 1 aromatic rings. The van der Waals surface area contributed by atoms with Gasteiger partial charge in [-0.25, -0.2) is 0 Å². The Balaban J connectivity index is 2.46. The summed E-state index contributed by atoms with van der Waals surface area (Å²) in [5.41, 5.74) is 1.47. The van der Waals surface area contributed by atoms with Gasteiger partial charge in [-0.05, 0) is 42.5 Å². The molecule has 23 heavy (non-hydrogen) atoms. The lowest BCUT2D eigenvalue weighted by Gasteiger charge is -2.15. The minimum Gasteiger partial charge on any atom is -0.508 e. The molecule has 0 unspecified atom stereocenters. The normalized spacial score (nSPS) is 12.5. The Morgan fingerprint density at radius 3 is 2.52 bits per heavy atom. The second-order valence-corrected chi connectivity index (χ2v) is 5.19. The summed E-state index contributed by atoms with van der Waals surface area (Å²) in [5, 5.41) is 9.20. The number of carbonyl (C=O) groups excluding carboxylic acids is 3. The Labute approximate surface area is 136 Å². The third-order valence-corrected chi connectivity index (χ3v) is 3.58. The summed E-state index contributed by atoms with van der Waals surface area (Å²) in [7, 11) is 0. The quantitative estimate of drug-likeness (QED) is 0.407. The number of aromatic hydroxyl groups is 1. The van der Waals surface area contributed by atoms with Gasteiger partial charge in [0.15, 0.2) is 0 Å². The summed E-state index contributed by atoms with van der Waals surface area (Å²) in [6.07, 6.45) is 4.55. The fourth-order valence-electron chi connectivity index (χ4n) is 2.26. The molecule has 124 valence electrons. The Bertz CT molecular complexity index is 545. The van der Waals surface area contributed by atoms with Gasteiger partial charge in [0.1, 0.15) is 18.3 Å². The fourth-order valence-corrected chi connectivity index (χ4v) is 2.26. The number of hydrogen-bond acceptors (Lipinski definition) is 5. The summed E-state index contributed by atoms with van der Waals surface area (Å²) in [4.78, 5) is 33.4. The Morgan fingerprint density at radius 2 is 1.96 bits per heavy atom. The molecule has 0 heterocycles. The van der Waals surface area contributed by atoms with Crippen molar-refractivity contribution in [1.29, 1.82) is 0 Å². The lowest BCUT2D eigenvalue weighted by molar-refractivity contribution is -0.144. The van der Waals surface area contributed by atoms with Crippen LogP contribution in [-0.4, -0.2) is 30.3 Å². The van der Waals surface area contributed by atoms with Crippen LogP contribution >= 0.6 is 0 Å². The molecule has 1 atom stereocenters. The molecule has 0 amide bonds. The van der Waals surface area contributed by atoms with Crippen molar-refractivity contribution in [3.63, 3.8) is 0 Å². The maximum absolute atomic E-state index is 11.9. The topological polar surface area (TPSA) is 80.7 Å². The third kappa shape index (κ3) is 6.91. The van der Waals surface area contributed by atoms with Gasteiger partial charge in [-0.15, -0.1) is 0 Å². The highest BCUT2D eigenvalue weighted by molar-refractivity contribution is 5.77. The van der Waals surface area contributed by atoms with E-state index in [4.69, 9.17) is 4.74 Å². The molecule has 1 rings (SSSR count). The number of aldehydes is 2. The standard InChI is InChI=1S/C18H22O5/c1-2-15(13-20)16(4-3-10-19)12-18(22)23-11-9-14-5-7-17(21)8-6-14/h2,5-8,10,13,16,21H,3-4,9,11-12H2,1H3/b15-2-/t16-/m0/s1. The number of esters is 1. The van der Waals surface area contributed by atoms with E-state index in [-0.39, 0.29) is 30.7 Å². The molecule has 0 saturated carbocycles. The van der Waals surface area contributed by atoms with Crippen molar-refractivity contribution in [2.24, 2.45) is 5.92 Å². The van der Waals surface area contributed by atoms with E-state index < -0.39 is 0 Å². The van der Waals surface area contributed by atoms with Crippen LogP contribution in [0.15, 0.2) is 35.9 Å². The first kappa shape index (κ1) is 18.6. The van der Waals surface area contributed by atoms with E-state index in [0.29, 0.717) is 24.8 Å². The van der Waals surface area contributed by atoms with Crippen molar-refractivity contribution in [2.45, 2.75) is 32.6 Å². The van der Waals surface area contributed by atoms with Crippen molar-refractivity contribution >= 4 is 18.5 Å². The molecule has 0 saturated heterocycles. The number of phenolic OH excluding ortho intramolecular Hbond substituents is 1. The second-order valence-electron chi connectivity index (χ2n) is 5.19. The van der Waals surface area contributed by atoms with Crippen molar-refractivity contribution in [1.82, 2.24) is 0 Å². The lowest BCUT2D eigenvalue weighted by atomic mass is 9.91. The van der Waals surface area contributed by atoms with Gasteiger partial charge in [0.05, 0.1) is 13.0 Å². The average molecular weight is 318 g/mol. The fraction of sp³-hybridized carbons (Fsp3) is 0.389. The Kier molecular flexibility index (Phi) is 8.36. The Hall–Kier alpha value is -2.43. The first-order chi connectivity index (χ1) is 11.1. The minimum atomic E-state index is -0.388. The molecule has 0 radical (unpaired) electrons. The van der Waals surface area contributed by atoms with Gasteiger partial charge in [-0.3, -0.25) is 9.59 Å². The molecule has 0 aromatic heterocycles. The maximum atomic E-state index is 11.9. The first-order valence-corrected chi connectivity index (χ1v) is 7.59. The van der Waals surface area contributed by atoms with Crippen molar-refractivity contribution in [3.8, 4) is 5.75 Å². The van der Waals surface area contributed by atoms with Crippen LogP contribution in [0.2, 0.25) is 0 Å². The number of benzene rings is 1. The van der Waals surface area contributed by atoms with Gasteiger partial charge in [-0.2, -0.15) is 0 Å². The maximum Gasteiger partial charge on any atom is 0.306 e. The molecule has 0 aliphatic carbocycles. The van der Waals surface area contributed by atoms with Crippen LogP contribution < -0.4 is 0 Å². The number of allylic oxidation sites excluding steroid dienone is 2. The lowest BCUT2D eigenvalue weighted by Crippen LogP contribution is -2.16. The third-order valence-electron chi connectivity index (χ3n) is 3.58. The van der Waals surface area contributed by atoms with Gasteiger partial charge in [-0.1, -0.05) is 18.2 Å². The molecule has 5 nitrogen and oxygen atoms in total. The van der Waals surface area contributed by atoms with E-state index in [1.54, 1.807) is 37.3 Å². The average Bonchev–Trinajstić information content (AvgIpc) is 2.55. The molecule has 0 spiro atoms. The number of carbonyl (C=O) groups is 3. The summed E-state index contributed by atoms with van der Waals surface area (Å²) in [6.45, 7) is 1.96. The molecule has 1 N–H and O–H groups in total. The number of ether oxygens (including phenoxy) is 1. The zero-order valence-corrected chi connectivity index (χ0v) is 13.2. The number of phenols is 1. The molecular weight excluding hydrogens is 296 g/mol. The summed E-state index contributed by atoms with van der Waals surface area (Å²) >= 11 is 0. The van der Waals surface area contributed by atoms with E-state index in [0.717, 1.165) is 18.1 Å². The van der Waals surface area contributed by atoms with Crippen LogP contribution in [0.1, 0.15) is 31.7 Å². The van der Waals surface area contributed by atoms with Crippen LogP contribution in [-0.2, 0) is 25.5 Å². The van der Waals surface area contributed by atoms with Crippen molar-refractivity contribution in [3.05, 3.63) is 41.5 Å². The summed E-state index contributed by atoms with van der Waals surface area (Å²) in [5.74, 6) is -0.485. The smallest absolute Gasteiger partial charge is 0.306 e. The van der Waals surface area contributed by atoms with E-state index in [9.17, 15) is 19.5 Å². The van der Waals surface area contributed by atoms with Gasteiger partial charge in [0.25, 0.3) is 0 Å². The van der Waals surface area contributed by atoms with Gasteiger partial charge < -0.3 is 14.6 Å². The predicted octanol–water partition coefficient (Wildman–Crippen LogP) is 2.61. The highest BCUT2D eigenvalue weighted by Gasteiger charge is 2.18. The summed E-state index contributed by atoms with van der Waals surface area (Å²) < 4.78 is 5.19. The molecule has 0 aliphatic rings. The van der Waals surface area contributed by atoms with Gasteiger partial charge in [0.2, 0.25) is 0 Å². The SMILES string of the molecule is C/C=C(/C=O)[C@@H](CCC=O)CC(=O)OCCc1ccc(O)cc1. The zero-order valence-electron chi connectivity index (χ0n) is 13.2. The van der Waals surface area contributed by atoms with Gasteiger partial charge >= 0.3 is 5.97 Å². The van der Waals surface area contributed by atoms with Crippen molar-refractivity contribution in [2.75, 3.05) is 6.61 Å². The largest absolute Gasteiger partial charge is 0.508 e. The molecule has 0 fully saturated rings. The molecular formula is C18H22O5. The van der Waals surface area contributed by atoms with E-state index >= 15 is 0 Å².